The molecule has 0 aliphatic heterocycles. The molecule has 0 atom stereocenters. The number of hydrogen-bond donors (Lipinski definition) is 1. The standard InChI is InChI=1S/C27H30N2O6S3/c1-4-35-19-11-9-18(10-12-19)29(38(32,33)21-15-13-20(36-3)14-16-21)17-24(30)28-26-25(27(31)34-2)22-7-5-6-8-23(22)37-26/h9-16H,4-8,17H2,1-3H3,(H,28,30). The second kappa shape index (κ2) is 12.2. The first-order valence-corrected chi connectivity index (χ1v) is 15.7. The molecule has 0 bridgehead atoms. The van der Waals surface area contributed by atoms with Gasteiger partial charge >= 0.3 is 5.97 Å². The van der Waals surface area contributed by atoms with Crippen LogP contribution >= 0.6 is 23.1 Å². The summed E-state index contributed by atoms with van der Waals surface area (Å²) < 4.78 is 39.0. The number of thioether (sulfide) groups is 1. The fourth-order valence-electron chi connectivity index (χ4n) is 4.33. The number of carbonyl (C=O) groups is 2. The van der Waals surface area contributed by atoms with Gasteiger partial charge in [-0.3, -0.25) is 9.10 Å². The maximum absolute atomic E-state index is 13.7. The van der Waals surface area contributed by atoms with Gasteiger partial charge in [0.15, 0.2) is 0 Å². The summed E-state index contributed by atoms with van der Waals surface area (Å²) >= 11 is 2.86. The Morgan fingerprint density at radius 1 is 1.05 bits per heavy atom. The van der Waals surface area contributed by atoms with Crippen LogP contribution in [0.1, 0.15) is 40.6 Å². The summed E-state index contributed by atoms with van der Waals surface area (Å²) in [6.07, 6.45) is 5.45. The number of rotatable bonds is 10. The fourth-order valence-corrected chi connectivity index (χ4v) is 7.46. The molecule has 11 heteroatoms. The van der Waals surface area contributed by atoms with Crippen molar-refractivity contribution in [3.8, 4) is 5.75 Å². The zero-order chi connectivity index (χ0) is 27.3. The normalized spacial score (nSPS) is 12.9. The first kappa shape index (κ1) is 28.0. The van der Waals surface area contributed by atoms with E-state index in [2.05, 4.69) is 5.32 Å². The lowest BCUT2D eigenvalue weighted by atomic mass is 9.95. The molecule has 1 N–H and O–H groups in total. The number of thiophene rings is 1. The van der Waals surface area contributed by atoms with Crippen molar-refractivity contribution in [3.63, 3.8) is 0 Å². The van der Waals surface area contributed by atoms with Crippen molar-refractivity contribution in [2.75, 3.05) is 36.1 Å². The second-order valence-electron chi connectivity index (χ2n) is 8.57. The van der Waals surface area contributed by atoms with E-state index in [1.165, 1.54) is 42.3 Å². The summed E-state index contributed by atoms with van der Waals surface area (Å²) in [5.41, 5.74) is 1.59. The number of fused-ring (bicyclic) bond motifs is 1. The second-order valence-corrected chi connectivity index (χ2v) is 12.4. The van der Waals surface area contributed by atoms with E-state index in [0.717, 1.165) is 45.3 Å². The fraction of sp³-hybridized carbons (Fsp3) is 0.333. The Hall–Kier alpha value is -3.02. The van der Waals surface area contributed by atoms with Crippen molar-refractivity contribution >= 4 is 55.7 Å². The van der Waals surface area contributed by atoms with Crippen LogP contribution in [0.3, 0.4) is 0 Å². The quantitative estimate of drug-likeness (QED) is 0.257. The summed E-state index contributed by atoms with van der Waals surface area (Å²) in [5, 5.41) is 3.19. The third-order valence-electron chi connectivity index (χ3n) is 6.18. The van der Waals surface area contributed by atoms with E-state index in [1.54, 1.807) is 36.4 Å². The molecule has 1 heterocycles. The van der Waals surface area contributed by atoms with Crippen LogP contribution in [0.15, 0.2) is 58.3 Å². The van der Waals surface area contributed by atoms with Crippen LogP contribution in [0.4, 0.5) is 10.7 Å². The molecule has 3 aromatic rings. The Morgan fingerprint density at radius 3 is 2.37 bits per heavy atom. The molecular formula is C27H30N2O6S3. The highest BCUT2D eigenvalue weighted by Crippen LogP contribution is 2.38. The van der Waals surface area contributed by atoms with Crippen molar-refractivity contribution in [3.05, 3.63) is 64.5 Å². The minimum atomic E-state index is -4.09. The highest BCUT2D eigenvalue weighted by molar-refractivity contribution is 7.98. The van der Waals surface area contributed by atoms with Crippen LogP contribution in [0.25, 0.3) is 0 Å². The molecule has 1 aromatic heterocycles. The van der Waals surface area contributed by atoms with Crippen molar-refractivity contribution in [1.29, 1.82) is 0 Å². The van der Waals surface area contributed by atoms with Gasteiger partial charge in [-0.05, 0) is 93.0 Å². The minimum Gasteiger partial charge on any atom is -0.494 e. The van der Waals surface area contributed by atoms with Gasteiger partial charge in [-0.2, -0.15) is 0 Å². The topological polar surface area (TPSA) is 102 Å². The summed E-state index contributed by atoms with van der Waals surface area (Å²) in [4.78, 5) is 28.0. The largest absolute Gasteiger partial charge is 0.494 e. The smallest absolute Gasteiger partial charge is 0.341 e. The lowest BCUT2D eigenvalue weighted by Crippen LogP contribution is -2.38. The van der Waals surface area contributed by atoms with Gasteiger partial charge in [0.05, 0.1) is 29.9 Å². The molecule has 0 unspecified atom stereocenters. The highest BCUT2D eigenvalue weighted by atomic mass is 32.2. The third-order valence-corrected chi connectivity index (χ3v) is 9.92. The predicted molar refractivity (Wildman–Crippen MR) is 151 cm³/mol. The number of anilines is 2. The maximum atomic E-state index is 13.7. The van der Waals surface area contributed by atoms with E-state index < -0.39 is 28.4 Å². The summed E-state index contributed by atoms with van der Waals surface area (Å²) in [7, 11) is -2.78. The van der Waals surface area contributed by atoms with Crippen molar-refractivity contribution in [2.45, 2.75) is 42.4 Å². The van der Waals surface area contributed by atoms with E-state index in [9.17, 15) is 18.0 Å². The first-order valence-electron chi connectivity index (χ1n) is 12.2. The molecule has 2 aromatic carbocycles. The van der Waals surface area contributed by atoms with Crippen LogP contribution in [0.2, 0.25) is 0 Å². The molecule has 1 aliphatic rings. The lowest BCUT2D eigenvalue weighted by molar-refractivity contribution is -0.114. The first-order chi connectivity index (χ1) is 18.3. The molecule has 0 saturated heterocycles. The molecule has 8 nitrogen and oxygen atoms in total. The number of benzene rings is 2. The molecule has 0 radical (unpaired) electrons. The van der Waals surface area contributed by atoms with Gasteiger partial charge in [-0.15, -0.1) is 23.1 Å². The van der Waals surface area contributed by atoms with E-state index in [4.69, 9.17) is 9.47 Å². The Labute approximate surface area is 231 Å². The van der Waals surface area contributed by atoms with Gasteiger partial charge in [0.25, 0.3) is 10.0 Å². The zero-order valence-corrected chi connectivity index (χ0v) is 23.9. The molecule has 4 rings (SSSR count). The Bertz CT molecular complexity index is 1400. The van der Waals surface area contributed by atoms with Crippen LogP contribution in [0, 0.1) is 0 Å². The number of amides is 1. The number of methoxy groups -OCH3 is 1. The van der Waals surface area contributed by atoms with E-state index in [-0.39, 0.29) is 4.90 Å². The van der Waals surface area contributed by atoms with Crippen LogP contribution in [-0.4, -0.2) is 46.8 Å². The summed E-state index contributed by atoms with van der Waals surface area (Å²) in [6, 6.07) is 13.1. The van der Waals surface area contributed by atoms with E-state index >= 15 is 0 Å². The number of esters is 1. The predicted octanol–water partition coefficient (Wildman–Crippen LogP) is 5.37. The number of sulfonamides is 1. The van der Waals surface area contributed by atoms with E-state index in [0.29, 0.717) is 28.6 Å². The van der Waals surface area contributed by atoms with Crippen LogP contribution < -0.4 is 14.4 Å². The third kappa shape index (κ3) is 6.00. The SMILES string of the molecule is CCOc1ccc(N(CC(=O)Nc2sc3c(c2C(=O)OC)CCCC3)S(=O)(=O)c2ccc(SC)cc2)cc1. The minimum absolute atomic E-state index is 0.0684. The highest BCUT2D eigenvalue weighted by Gasteiger charge is 2.30. The number of hydrogen-bond acceptors (Lipinski definition) is 8. The molecule has 38 heavy (non-hydrogen) atoms. The average molecular weight is 575 g/mol. The molecule has 0 saturated carbocycles. The number of carbonyl (C=O) groups excluding carboxylic acids is 2. The number of nitrogens with zero attached hydrogens (tertiary/aromatic N) is 1. The van der Waals surface area contributed by atoms with Crippen molar-refractivity contribution in [1.82, 2.24) is 0 Å². The molecule has 0 fully saturated rings. The number of nitrogens with one attached hydrogen (secondary N) is 1. The van der Waals surface area contributed by atoms with Crippen molar-refractivity contribution < 1.29 is 27.5 Å². The van der Waals surface area contributed by atoms with Gasteiger partial charge in [0, 0.05) is 9.77 Å². The van der Waals surface area contributed by atoms with Crippen molar-refractivity contribution in [2.24, 2.45) is 0 Å². The Morgan fingerprint density at radius 2 is 1.74 bits per heavy atom. The molecule has 1 amide bonds. The Kier molecular flexibility index (Phi) is 9.01. The maximum Gasteiger partial charge on any atom is 0.341 e. The van der Waals surface area contributed by atoms with E-state index in [1.807, 2.05) is 13.2 Å². The lowest BCUT2D eigenvalue weighted by Gasteiger charge is -2.24. The molecule has 0 spiro atoms. The van der Waals surface area contributed by atoms with Gasteiger partial charge in [0.2, 0.25) is 5.91 Å². The van der Waals surface area contributed by atoms with Gasteiger partial charge in [-0.1, -0.05) is 0 Å². The zero-order valence-electron chi connectivity index (χ0n) is 21.5. The molecular weight excluding hydrogens is 545 g/mol. The number of ether oxygens (including phenoxy) is 2. The Balaban J connectivity index is 1.67. The van der Waals surface area contributed by atoms with Gasteiger partial charge in [0.1, 0.15) is 17.3 Å². The molecule has 202 valence electrons. The van der Waals surface area contributed by atoms with Gasteiger partial charge in [-0.25, -0.2) is 13.2 Å². The van der Waals surface area contributed by atoms with Crippen LogP contribution in [-0.2, 0) is 32.4 Å². The molecule has 1 aliphatic carbocycles. The summed E-state index contributed by atoms with van der Waals surface area (Å²) in [5.74, 6) is -0.481. The monoisotopic (exact) mass is 574 g/mol. The summed E-state index contributed by atoms with van der Waals surface area (Å²) in [6.45, 7) is 1.85. The number of aryl methyl sites for hydroxylation is 1. The van der Waals surface area contributed by atoms with Gasteiger partial charge < -0.3 is 14.8 Å². The average Bonchev–Trinajstić information content (AvgIpc) is 3.29. The van der Waals surface area contributed by atoms with Crippen LogP contribution in [0.5, 0.6) is 5.75 Å².